The number of esters is 1. The van der Waals surface area contributed by atoms with Crippen molar-refractivity contribution >= 4 is 23.2 Å². The van der Waals surface area contributed by atoms with E-state index in [-0.39, 0.29) is 13.2 Å². The highest BCUT2D eigenvalue weighted by molar-refractivity contribution is 6.30. The van der Waals surface area contributed by atoms with E-state index in [4.69, 9.17) is 21.1 Å². The second kappa shape index (κ2) is 6.71. The number of aromatic nitrogens is 2. The van der Waals surface area contributed by atoms with Crippen LogP contribution in [0.2, 0.25) is 5.02 Å². The van der Waals surface area contributed by atoms with E-state index < -0.39 is 5.97 Å². The van der Waals surface area contributed by atoms with Crippen molar-refractivity contribution in [2.75, 3.05) is 6.61 Å². The first-order valence-electron chi connectivity index (χ1n) is 7.10. The molecule has 0 aliphatic carbocycles. The van der Waals surface area contributed by atoms with Gasteiger partial charge in [-0.2, -0.15) is 0 Å². The lowest BCUT2D eigenvalue weighted by Gasteiger charge is -2.07. The van der Waals surface area contributed by atoms with Crippen LogP contribution < -0.4 is 4.74 Å². The highest BCUT2D eigenvalue weighted by Crippen LogP contribution is 2.16. The maximum absolute atomic E-state index is 11.8. The Balaban J connectivity index is 1.58. The first kappa shape index (κ1) is 15.4. The lowest BCUT2D eigenvalue weighted by Crippen LogP contribution is -2.15. The summed E-state index contributed by atoms with van der Waals surface area (Å²) in [5, 5.41) is 0.614. The van der Waals surface area contributed by atoms with E-state index in [2.05, 4.69) is 4.98 Å². The zero-order chi connectivity index (χ0) is 16.2. The van der Waals surface area contributed by atoms with Gasteiger partial charge in [0.05, 0.1) is 11.4 Å². The van der Waals surface area contributed by atoms with Crippen molar-refractivity contribution in [1.82, 2.24) is 9.38 Å². The van der Waals surface area contributed by atoms with Crippen molar-refractivity contribution in [3.05, 3.63) is 65.1 Å². The van der Waals surface area contributed by atoms with Crippen molar-refractivity contribution < 1.29 is 14.3 Å². The lowest BCUT2D eigenvalue weighted by molar-refractivity contribution is -0.147. The van der Waals surface area contributed by atoms with E-state index in [1.165, 1.54) is 0 Å². The van der Waals surface area contributed by atoms with Crippen LogP contribution in [0.3, 0.4) is 0 Å². The van der Waals surface area contributed by atoms with Gasteiger partial charge in [0, 0.05) is 11.2 Å². The summed E-state index contributed by atoms with van der Waals surface area (Å²) in [6, 6.07) is 12.5. The Kier molecular flexibility index (Phi) is 4.48. The molecule has 0 aliphatic rings. The molecule has 0 bridgehead atoms. The van der Waals surface area contributed by atoms with Gasteiger partial charge >= 0.3 is 5.97 Å². The molecule has 23 heavy (non-hydrogen) atoms. The van der Waals surface area contributed by atoms with Crippen LogP contribution in [0.1, 0.15) is 11.4 Å². The van der Waals surface area contributed by atoms with Crippen molar-refractivity contribution in [2.45, 2.75) is 13.5 Å². The Labute approximate surface area is 138 Å². The number of hydrogen-bond donors (Lipinski definition) is 0. The SMILES string of the molecule is Cc1nc2ccccn2c1COC(=O)COc1ccc(Cl)cc1. The minimum absolute atomic E-state index is 0.153. The first-order valence-corrected chi connectivity index (χ1v) is 7.48. The fraction of sp³-hybridized carbons (Fsp3) is 0.176. The number of hydrogen-bond acceptors (Lipinski definition) is 4. The maximum atomic E-state index is 11.8. The molecule has 0 radical (unpaired) electrons. The summed E-state index contributed by atoms with van der Waals surface area (Å²) in [5.41, 5.74) is 2.51. The Morgan fingerprint density at radius 2 is 2.00 bits per heavy atom. The van der Waals surface area contributed by atoms with Gasteiger partial charge < -0.3 is 13.9 Å². The van der Waals surface area contributed by atoms with Crippen LogP contribution in [0, 0.1) is 6.92 Å². The molecule has 0 amide bonds. The molecule has 118 valence electrons. The number of ether oxygens (including phenoxy) is 2. The third-order valence-corrected chi connectivity index (χ3v) is 3.62. The third kappa shape index (κ3) is 3.63. The zero-order valence-electron chi connectivity index (χ0n) is 12.5. The van der Waals surface area contributed by atoms with Gasteiger partial charge in [-0.1, -0.05) is 17.7 Å². The van der Waals surface area contributed by atoms with Gasteiger partial charge in [-0.3, -0.25) is 0 Å². The van der Waals surface area contributed by atoms with E-state index >= 15 is 0 Å². The molecule has 3 rings (SSSR count). The van der Waals surface area contributed by atoms with Crippen LogP contribution in [-0.4, -0.2) is 22.0 Å². The second-order valence-electron chi connectivity index (χ2n) is 4.98. The number of halogens is 1. The molecule has 2 heterocycles. The van der Waals surface area contributed by atoms with E-state index in [1.807, 2.05) is 35.7 Å². The number of carbonyl (C=O) groups excluding carboxylic acids is 1. The third-order valence-electron chi connectivity index (χ3n) is 3.37. The predicted molar refractivity (Wildman–Crippen MR) is 86.7 cm³/mol. The zero-order valence-corrected chi connectivity index (χ0v) is 13.3. The van der Waals surface area contributed by atoms with Crippen LogP contribution in [0.15, 0.2) is 48.7 Å². The molecule has 0 saturated carbocycles. The minimum atomic E-state index is -0.440. The Morgan fingerprint density at radius 1 is 1.22 bits per heavy atom. The van der Waals surface area contributed by atoms with Gasteiger partial charge in [0.1, 0.15) is 18.0 Å². The highest BCUT2D eigenvalue weighted by Gasteiger charge is 2.11. The Morgan fingerprint density at radius 3 is 2.78 bits per heavy atom. The van der Waals surface area contributed by atoms with E-state index in [1.54, 1.807) is 24.3 Å². The van der Waals surface area contributed by atoms with Crippen LogP contribution >= 0.6 is 11.6 Å². The second-order valence-corrected chi connectivity index (χ2v) is 5.41. The molecule has 0 fully saturated rings. The molecule has 0 N–H and O–H groups in total. The molecule has 1 aromatic carbocycles. The van der Waals surface area contributed by atoms with Gasteiger partial charge in [0.15, 0.2) is 6.61 Å². The van der Waals surface area contributed by atoms with Gasteiger partial charge in [-0.25, -0.2) is 9.78 Å². The average Bonchev–Trinajstić information content (AvgIpc) is 2.87. The van der Waals surface area contributed by atoms with Gasteiger partial charge in [0.2, 0.25) is 0 Å². The monoisotopic (exact) mass is 330 g/mol. The first-order chi connectivity index (χ1) is 11.1. The molecule has 0 spiro atoms. The molecule has 0 atom stereocenters. The number of nitrogens with zero attached hydrogens (tertiary/aromatic N) is 2. The number of pyridine rings is 1. The average molecular weight is 331 g/mol. The van der Waals surface area contributed by atoms with Crippen molar-refractivity contribution in [3.8, 4) is 5.75 Å². The number of rotatable bonds is 5. The number of carbonyl (C=O) groups is 1. The number of benzene rings is 1. The topological polar surface area (TPSA) is 52.8 Å². The standard InChI is InChI=1S/C17H15ClN2O3/c1-12-15(20-9-3-2-4-16(20)19-12)10-23-17(21)11-22-14-7-5-13(18)6-8-14/h2-9H,10-11H2,1H3. The molecule has 0 unspecified atom stereocenters. The smallest absolute Gasteiger partial charge is 0.344 e. The molecule has 0 saturated heterocycles. The Hall–Kier alpha value is -2.53. The molecular formula is C17H15ClN2O3. The van der Waals surface area contributed by atoms with Crippen LogP contribution in [0.4, 0.5) is 0 Å². The van der Waals surface area contributed by atoms with Crippen LogP contribution in [0.25, 0.3) is 5.65 Å². The summed E-state index contributed by atoms with van der Waals surface area (Å²) >= 11 is 5.79. The lowest BCUT2D eigenvalue weighted by atomic mass is 10.3. The van der Waals surface area contributed by atoms with Crippen molar-refractivity contribution in [1.29, 1.82) is 0 Å². The van der Waals surface area contributed by atoms with Crippen LogP contribution in [0.5, 0.6) is 5.75 Å². The fourth-order valence-corrected chi connectivity index (χ4v) is 2.33. The van der Waals surface area contributed by atoms with E-state index in [0.29, 0.717) is 10.8 Å². The number of imidazole rings is 1. The van der Waals surface area contributed by atoms with Crippen molar-refractivity contribution in [3.63, 3.8) is 0 Å². The van der Waals surface area contributed by atoms with Crippen LogP contribution in [-0.2, 0) is 16.1 Å². The van der Waals surface area contributed by atoms with E-state index in [0.717, 1.165) is 17.0 Å². The molecule has 6 heteroatoms. The summed E-state index contributed by atoms with van der Waals surface area (Å²) in [5.74, 6) is 0.127. The summed E-state index contributed by atoms with van der Waals surface area (Å²) < 4.78 is 12.5. The van der Waals surface area contributed by atoms with Gasteiger partial charge in [0.25, 0.3) is 0 Å². The number of aryl methyl sites for hydroxylation is 1. The summed E-state index contributed by atoms with van der Waals surface area (Å²) in [6.45, 7) is 1.89. The minimum Gasteiger partial charge on any atom is -0.482 e. The van der Waals surface area contributed by atoms with Crippen molar-refractivity contribution in [2.24, 2.45) is 0 Å². The molecule has 0 aliphatic heterocycles. The normalized spacial score (nSPS) is 10.7. The Bertz CT molecular complexity index is 827. The maximum Gasteiger partial charge on any atom is 0.344 e. The fourth-order valence-electron chi connectivity index (χ4n) is 2.20. The molecule has 5 nitrogen and oxygen atoms in total. The van der Waals surface area contributed by atoms with Gasteiger partial charge in [-0.05, 0) is 43.3 Å². The summed E-state index contributed by atoms with van der Waals surface area (Å²) in [7, 11) is 0. The molecule has 3 aromatic rings. The molecule has 2 aromatic heterocycles. The molecular weight excluding hydrogens is 316 g/mol. The van der Waals surface area contributed by atoms with E-state index in [9.17, 15) is 4.79 Å². The predicted octanol–water partition coefficient (Wildman–Crippen LogP) is 3.42. The quantitative estimate of drug-likeness (QED) is 0.673. The summed E-state index contributed by atoms with van der Waals surface area (Å²) in [6.07, 6.45) is 1.89. The number of fused-ring (bicyclic) bond motifs is 1. The summed E-state index contributed by atoms with van der Waals surface area (Å²) in [4.78, 5) is 16.2. The largest absolute Gasteiger partial charge is 0.482 e. The highest BCUT2D eigenvalue weighted by atomic mass is 35.5. The van der Waals surface area contributed by atoms with Gasteiger partial charge in [-0.15, -0.1) is 0 Å².